The van der Waals surface area contributed by atoms with Gasteiger partial charge in [0.25, 0.3) is 17.7 Å². The van der Waals surface area contributed by atoms with Crippen molar-refractivity contribution in [2.24, 2.45) is 15.6 Å². The molecule has 7 amide bonds. The van der Waals surface area contributed by atoms with Crippen LogP contribution in [-0.4, -0.2) is 181 Å². The molecule has 0 saturated heterocycles. The summed E-state index contributed by atoms with van der Waals surface area (Å²) in [6.45, 7) is 10.1. The molecule has 12 N–H and O–H groups in total. The smallest absolute Gasteiger partial charge is 0.407 e. The Balaban J connectivity index is 0.000000400. The monoisotopic (exact) mass is 1740 g/mol. The number of rotatable bonds is 28. The minimum atomic E-state index is -0.992. The van der Waals surface area contributed by atoms with Crippen LogP contribution in [0.4, 0.5) is 48.5 Å². The zero-order valence-corrected chi connectivity index (χ0v) is 76.0. The van der Waals surface area contributed by atoms with Gasteiger partial charge < -0.3 is 102 Å². The summed E-state index contributed by atoms with van der Waals surface area (Å²) in [5.74, 6) is 0.677. The van der Waals surface area contributed by atoms with Crippen LogP contribution in [0.25, 0.3) is 0 Å². The van der Waals surface area contributed by atoms with Gasteiger partial charge in [-0.15, -0.1) is 4.91 Å². The molecule has 672 valence electrons. The van der Waals surface area contributed by atoms with Gasteiger partial charge in [-0.2, -0.15) is 0 Å². The Bertz CT molecular complexity index is 5090. The molecule has 0 radical (unpaired) electrons. The van der Waals surface area contributed by atoms with E-state index in [1.54, 1.807) is 113 Å². The summed E-state index contributed by atoms with van der Waals surface area (Å²) >= 11 is 0. The molecule has 0 unspecified atom stereocenters. The molecule has 31 nitrogen and oxygen atoms in total. The summed E-state index contributed by atoms with van der Waals surface area (Å²) in [7, 11) is 24.2. The largest absolute Gasteiger partial charge is 0.493 e. The summed E-state index contributed by atoms with van der Waals surface area (Å²) in [6, 6.07) is 68.8. The number of nitrogens with zero attached hydrogens (tertiary/aromatic N) is 6. The number of hydrogen-bond donors (Lipinski definition) is 10. The van der Waals surface area contributed by atoms with Crippen LogP contribution in [0.1, 0.15) is 114 Å². The molecule has 10 rings (SSSR count). The Morgan fingerprint density at radius 1 is 0.413 bits per heavy atom. The van der Waals surface area contributed by atoms with Crippen molar-refractivity contribution in [3.05, 3.63) is 302 Å². The number of alkyl carbamates (subject to hydrolysis) is 2. The minimum absolute atomic E-state index is 0. The van der Waals surface area contributed by atoms with Crippen molar-refractivity contribution in [2.75, 3.05) is 119 Å². The molecule has 0 heterocycles. The average Bonchev–Trinajstić information content (AvgIpc) is 0.864. The van der Waals surface area contributed by atoms with E-state index in [-0.39, 0.29) is 49.8 Å². The molecule has 0 aliphatic carbocycles. The number of isocyanates is 1. The number of carbonyl (C=O) groups excluding carboxylic acids is 7. The number of benzene rings is 10. The second-order valence-electron chi connectivity index (χ2n) is 29.5. The summed E-state index contributed by atoms with van der Waals surface area (Å²) in [6.07, 6.45) is 0.336. The molecule has 0 spiro atoms. The topological polar surface area (TPSA) is 403 Å². The Morgan fingerprint density at radius 3 is 1.08 bits per heavy atom. The lowest BCUT2D eigenvalue weighted by atomic mass is 10.1. The molecule has 0 saturated carbocycles. The van der Waals surface area contributed by atoms with Crippen molar-refractivity contribution in [1.82, 2.24) is 35.6 Å². The van der Waals surface area contributed by atoms with Gasteiger partial charge in [0.1, 0.15) is 11.3 Å². The van der Waals surface area contributed by atoms with Gasteiger partial charge in [-0.3, -0.25) is 19.0 Å². The second-order valence-corrected chi connectivity index (χ2v) is 29.9. The fourth-order valence-electron chi connectivity index (χ4n) is 11.0. The molecular weight excluding hydrogens is 1620 g/mol. The van der Waals surface area contributed by atoms with E-state index in [0.29, 0.717) is 80.1 Å². The van der Waals surface area contributed by atoms with Crippen molar-refractivity contribution < 1.29 is 71.9 Å². The fourth-order valence-corrected chi connectivity index (χ4v) is 11.0. The lowest BCUT2D eigenvalue weighted by Crippen LogP contribution is -2.32. The van der Waals surface area contributed by atoms with Gasteiger partial charge in [-0.05, 0) is 248 Å². The quantitative estimate of drug-likeness (QED) is 0.00716. The summed E-state index contributed by atoms with van der Waals surface area (Å²) in [5, 5.41) is 31.0. The lowest BCUT2D eigenvalue weighted by molar-refractivity contribution is 0.0522. The van der Waals surface area contributed by atoms with Crippen LogP contribution in [0.5, 0.6) is 23.0 Å². The highest BCUT2D eigenvalue weighted by molar-refractivity contribution is 6.08. The molecule has 126 heavy (non-hydrogen) atoms. The van der Waals surface area contributed by atoms with E-state index < -0.39 is 23.8 Å². The molecule has 0 aliphatic rings. The number of carbonyl (C=O) groups is 7. The Morgan fingerprint density at radius 2 is 0.738 bits per heavy atom. The molecular formula is C94H121N15O16Si. The number of nitrogens with two attached hydrogens (primary N) is 2. The maximum absolute atomic E-state index is 12.7. The zero-order valence-electron chi connectivity index (χ0n) is 74.0. The molecule has 0 aliphatic heterocycles. The van der Waals surface area contributed by atoms with Crippen LogP contribution < -0.4 is 67.6 Å². The molecule has 10 aromatic rings. The normalized spacial score (nSPS) is 10.2. The van der Waals surface area contributed by atoms with Crippen LogP contribution >= 0.6 is 0 Å². The number of methoxy groups -OCH3 is 5. The SMILES string of the molecule is C.CC(C)(C)OC(=O)NCc1cccc(C(=O)O)c1.CN(C)Cc1ccc(N)cc1.CN(C)Cc1ccc(NC(=O)c2cccc(CN)c2)cc1.COC(=O)NCc1cccc(C(=O)Nc2ccc(CN(C)C)cc2)c1.COc1ccc(N=O)cc1OC.COc1ccc(NC(=O)NCc2cccc(C(=O)Nc3ccc(CN(C)C)cc3)c2)cc1OC.O=C=N[SiH3]. The number of urea groups is 1. The van der Waals surface area contributed by atoms with E-state index in [1.807, 2.05) is 158 Å². The number of amides is 7. The Labute approximate surface area is 742 Å². The number of aromatic carboxylic acids is 1. The van der Waals surface area contributed by atoms with E-state index in [4.69, 9.17) is 45.1 Å². The highest BCUT2D eigenvalue weighted by Gasteiger charge is 2.18. The molecule has 0 aromatic heterocycles. The lowest BCUT2D eigenvalue weighted by Gasteiger charge is -2.19. The van der Waals surface area contributed by atoms with Crippen molar-refractivity contribution >= 4 is 92.5 Å². The number of carboxylic acid groups (broad SMARTS) is 1. The van der Waals surface area contributed by atoms with Crippen molar-refractivity contribution in [3.63, 3.8) is 0 Å². The van der Waals surface area contributed by atoms with Gasteiger partial charge in [0.2, 0.25) is 6.08 Å². The van der Waals surface area contributed by atoms with E-state index in [9.17, 15) is 38.5 Å². The maximum atomic E-state index is 12.7. The average molecular weight is 1750 g/mol. The number of nitrogens with one attached hydrogen (secondary N) is 7. The summed E-state index contributed by atoms with van der Waals surface area (Å²) < 4.78 is 33.0. The van der Waals surface area contributed by atoms with Gasteiger partial charge in [-0.25, -0.2) is 24.0 Å². The Kier molecular flexibility index (Phi) is 48.2. The fraction of sp³-hybridized carbons (Fsp3) is 0.277. The van der Waals surface area contributed by atoms with Crippen molar-refractivity contribution in [1.29, 1.82) is 0 Å². The number of anilines is 5. The maximum Gasteiger partial charge on any atom is 0.407 e. The molecule has 0 fully saturated rings. The zero-order chi connectivity index (χ0) is 92.4. The highest BCUT2D eigenvalue weighted by atomic mass is 28.2. The first-order valence-corrected chi connectivity index (χ1v) is 40.0. The molecule has 10 aromatic carbocycles. The van der Waals surface area contributed by atoms with Crippen LogP contribution in [0.3, 0.4) is 0 Å². The Hall–Kier alpha value is -14.1. The first-order chi connectivity index (χ1) is 59.6. The van der Waals surface area contributed by atoms with E-state index >= 15 is 0 Å². The van der Waals surface area contributed by atoms with Gasteiger partial charge in [0.05, 0.1) is 41.1 Å². The van der Waals surface area contributed by atoms with Crippen molar-refractivity contribution in [3.8, 4) is 23.0 Å². The molecule has 0 bridgehead atoms. The summed E-state index contributed by atoms with van der Waals surface area (Å²) in [5.41, 5.74) is 24.6. The number of nitroso groups, excluding NO2 is 1. The van der Waals surface area contributed by atoms with Crippen molar-refractivity contribution in [2.45, 2.75) is 86.2 Å². The molecule has 32 heteroatoms. The number of hydrogen-bond acceptors (Lipinski definition) is 23. The third-order valence-electron chi connectivity index (χ3n) is 16.7. The predicted octanol–water partition coefficient (Wildman–Crippen LogP) is 14.7. The number of nitrogen functional groups attached to an aromatic ring is 1. The van der Waals surface area contributed by atoms with E-state index in [0.717, 1.165) is 65.6 Å². The van der Waals surface area contributed by atoms with Crippen LogP contribution in [0, 0.1) is 4.91 Å². The standard InChI is InChI=1S/C26H30N4O4.C19H23N3O3.C17H21N3O.C13H17NO4.C9H14N2.C8H9NO3.CH3NOSi.CH4/c1-30(2)17-18-8-10-21(11-9-18)28-25(31)20-7-5-6-19(14-20)16-27-26(32)29-22-12-13-23(33-3)24(15-22)34-4;1-22(2)13-14-7-9-17(10-8-14)21-18(23)16-6-4-5-15(11-16)12-20-19(24)25-3;1-20(2)12-13-6-8-16(9-7-13)19-17(21)15-5-3-4-14(10-15)11-18;1-13(2,3)18-12(17)14-8-9-5-4-6-10(7-9)11(15)16;1-11(2)7-8-3-5-9(10)6-4-8;1-11-7-4-3-6(9-10)5-8(7)12-2;3-1-2-4;/h5-15H,16-17H2,1-4H3,(H,28,31)(H2,27,29,32);4-11H,12-13H2,1-3H3,(H,20,24)(H,21,23);3-10H,11-12,18H2,1-2H3,(H,19,21);4-7H,8H2,1-3H3,(H,14,17)(H,15,16);3-6H,7,10H2,1-2H3;3-5H,1-2H3;4H3;1H4. The molecule has 0 atom stereocenters. The summed E-state index contributed by atoms with van der Waals surface area (Å²) in [4.78, 5) is 110. The van der Waals surface area contributed by atoms with E-state index in [2.05, 4.69) is 97.6 Å². The van der Waals surface area contributed by atoms with Crippen LogP contribution in [0.15, 0.2) is 240 Å². The first-order valence-electron chi connectivity index (χ1n) is 39.1. The van der Waals surface area contributed by atoms with Gasteiger partial charge >= 0.3 is 24.2 Å². The highest BCUT2D eigenvalue weighted by Crippen LogP contribution is 2.32. The number of ether oxygens (including phenoxy) is 6. The van der Waals surface area contributed by atoms with Crippen LogP contribution in [-0.2, 0) is 66.6 Å². The van der Waals surface area contributed by atoms with Crippen LogP contribution in [0.2, 0.25) is 0 Å². The number of carboxylic acids is 1. The second kappa shape index (κ2) is 57.3. The predicted molar refractivity (Wildman–Crippen MR) is 502 cm³/mol. The first kappa shape index (κ1) is 106. The van der Waals surface area contributed by atoms with Gasteiger partial charge in [0, 0.05) is 110 Å². The third-order valence-corrected chi connectivity index (χ3v) is 16.9. The third kappa shape index (κ3) is 42.6. The van der Waals surface area contributed by atoms with Gasteiger partial charge in [-0.1, -0.05) is 104 Å². The minimum Gasteiger partial charge on any atom is -0.493 e. The van der Waals surface area contributed by atoms with Gasteiger partial charge in [0.15, 0.2) is 33.4 Å². The van der Waals surface area contributed by atoms with E-state index in [1.165, 1.54) is 75.0 Å².